The van der Waals surface area contributed by atoms with Crippen molar-refractivity contribution in [1.29, 1.82) is 0 Å². The summed E-state index contributed by atoms with van der Waals surface area (Å²) >= 11 is 0. The first kappa shape index (κ1) is 9.59. The third-order valence-corrected chi connectivity index (χ3v) is 2.32. The molecule has 7 heteroatoms. The van der Waals surface area contributed by atoms with E-state index in [0.29, 0.717) is 0 Å². The van der Waals surface area contributed by atoms with Gasteiger partial charge in [0.2, 0.25) is 0 Å². The molecule has 2 N–H and O–H groups in total. The van der Waals surface area contributed by atoms with Gasteiger partial charge in [0.15, 0.2) is 14.9 Å². The molecule has 0 bridgehead atoms. The zero-order valence-corrected chi connectivity index (χ0v) is 7.58. The zero-order chi connectivity index (χ0) is 10.1. The standard InChI is InChI=1S/C6H7N3O3S/c1-13(11,12)6-4(5(7)10)2-8-3-9-6/h2-3H,1H3,(H2,7,10). The lowest BCUT2D eigenvalue weighted by Crippen LogP contribution is -2.17. The predicted octanol–water partition coefficient (Wildman–Crippen LogP) is -1.02. The number of carbonyl (C=O) groups excluding carboxylic acids is 1. The van der Waals surface area contributed by atoms with Crippen molar-refractivity contribution in [2.45, 2.75) is 5.03 Å². The summed E-state index contributed by atoms with van der Waals surface area (Å²) in [6, 6.07) is 0. The van der Waals surface area contributed by atoms with Gasteiger partial charge in [-0.1, -0.05) is 0 Å². The molecule has 1 aromatic rings. The molecule has 0 saturated heterocycles. The van der Waals surface area contributed by atoms with Crippen LogP contribution in [0.3, 0.4) is 0 Å². The van der Waals surface area contributed by atoms with Gasteiger partial charge in [-0.05, 0) is 0 Å². The number of aromatic nitrogens is 2. The lowest BCUT2D eigenvalue weighted by atomic mass is 10.3. The fourth-order valence-corrected chi connectivity index (χ4v) is 1.57. The largest absolute Gasteiger partial charge is 0.365 e. The molecule has 0 aliphatic carbocycles. The Morgan fingerprint density at radius 1 is 1.54 bits per heavy atom. The molecule has 1 amide bonds. The number of primary amides is 1. The third-order valence-electron chi connectivity index (χ3n) is 1.29. The molecular weight excluding hydrogens is 194 g/mol. The van der Waals surface area contributed by atoms with E-state index in [1.165, 1.54) is 0 Å². The van der Waals surface area contributed by atoms with Crippen LogP contribution in [0.2, 0.25) is 0 Å². The van der Waals surface area contributed by atoms with Crippen molar-refractivity contribution in [3.63, 3.8) is 0 Å². The molecule has 0 aliphatic heterocycles. The maximum Gasteiger partial charge on any atom is 0.253 e. The van der Waals surface area contributed by atoms with E-state index in [1.54, 1.807) is 0 Å². The van der Waals surface area contributed by atoms with Crippen LogP contribution in [0.5, 0.6) is 0 Å². The van der Waals surface area contributed by atoms with Gasteiger partial charge >= 0.3 is 0 Å². The summed E-state index contributed by atoms with van der Waals surface area (Å²) in [4.78, 5) is 17.7. The lowest BCUT2D eigenvalue weighted by molar-refractivity contribution is 0.0996. The number of amides is 1. The molecule has 0 unspecified atom stereocenters. The summed E-state index contributed by atoms with van der Waals surface area (Å²) in [6.07, 6.45) is 3.07. The molecule has 0 radical (unpaired) electrons. The van der Waals surface area contributed by atoms with Crippen molar-refractivity contribution in [2.24, 2.45) is 5.73 Å². The van der Waals surface area contributed by atoms with E-state index < -0.39 is 15.7 Å². The van der Waals surface area contributed by atoms with E-state index in [-0.39, 0.29) is 10.6 Å². The van der Waals surface area contributed by atoms with Crippen LogP contribution < -0.4 is 5.73 Å². The van der Waals surface area contributed by atoms with Crippen molar-refractivity contribution < 1.29 is 13.2 Å². The van der Waals surface area contributed by atoms with E-state index >= 15 is 0 Å². The van der Waals surface area contributed by atoms with Gasteiger partial charge in [-0.25, -0.2) is 18.4 Å². The number of carbonyl (C=O) groups is 1. The molecule has 0 saturated carbocycles. The first-order valence-electron chi connectivity index (χ1n) is 3.23. The summed E-state index contributed by atoms with van der Waals surface area (Å²) < 4.78 is 22.1. The minimum Gasteiger partial charge on any atom is -0.365 e. The van der Waals surface area contributed by atoms with Crippen LogP contribution in [-0.2, 0) is 9.84 Å². The molecule has 1 aromatic heterocycles. The van der Waals surface area contributed by atoms with Crippen LogP contribution in [0.4, 0.5) is 0 Å². The number of hydrogen-bond donors (Lipinski definition) is 1. The van der Waals surface area contributed by atoms with Crippen LogP contribution in [0, 0.1) is 0 Å². The van der Waals surface area contributed by atoms with E-state index in [4.69, 9.17) is 5.73 Å². The van der Waals surface area contributed by atoms with Gasteiger partial charge < -0.3 is 5.73 Å². The minimum absolute atomic E-state index is 0.190. The smallest absolute Gasteiger partial charge is 0.253 e. The lowest BCUT2D eigenvalue weighted by Gasteiger charge is -2.00. The van der Waals surface area contributed by atoms with E-state index in [1.807, 2.05) is 0 Å². The normalized spacial score (nSPS) is 11.2. The van der Waals surface area contributed by atoms with Gasteiger partial charge in [-0.2, -0.15) is 0 Å². The van der Waals surface area contributed by atoms with Crippen LogP contribution in [-0.4, -0.2) is 30.5 Å². The second kappa shape index (κ2) is 3.09. The van der Waals surface area contributed by atoms with E-state index in [0.717, 1.165) is 18.8 Å². The van der Waals surface area contributed by atoms with Crippen molar-refractivity contribution in [2.75, 3.05) is 6.26 Å². The second-order valence-corrected chi connectivity index (χ2v) is 4.31. The summed E-state index contributed by atoms with van der Waals surface area (Å²) in [7, 11) is -3.53. The predicted molar refractivity (Wildman–Crippen MR) is 43.7 cm³/mol. The molecule has 6 nitrogen and oxygen atoms in total. The molecule has 0 fully saturated rings. The highest BCUT2D eigenvalue weighted by Crippen LogP contribution is 2.09. The highest BCUT2D eigenvalue weighted by molar-refractivity contribution is 7.90. The Labute approximate surface area is 74.7 Å². The molecule has 1 rings (SSSR count). The molecule has 0 spiro atoms. The Bertz CT molecular complexity index is 440. The maximum atomic E-state index is 11.1. The average molecular weight is 201 g/mol. The van der Waals surface area contributed by atoms with Crippen molar-refractivity contribution in [1.82, 2.24) is 9.97 Å². The summed E-state index contributed by atoms with van der Waals surface area (Å²) in [5, 5.41) is -0.338. The average Bonchev–Trinajstić information content (AvgIpc) is 2.03. The van der Waals surface area contributed by atoms with E-state index in [2.05, 4.69) is 9.97 Å². The number of nitrogens with zero attached hydrogens (tertiary/aromatic N) is 2. The summed E-state index contributed by atoms with van der Waals surface area (Å²) in [6.45, 7) is 0. The molecule has 0 atom stereocenters. The second-order valence-electron chi connectivity index (χ2n) is 2.38. The fourth-order valence-electron chi connectivity index (χ4n) is 0.783. The van der Waals surface area contributed by atoms with Gasteiger partial charge in [-0.15, -0.1) is 0 Å². The first-order chi connectivity index (χ1) is 5.93. The van der Waals surface area contributed by atoms with Gasteiger partial charge in [0.25, 0.3) is 5.91 Å². The number of nitrogens with two attached hydrogens (primary N) is 1. The van der Waals surface area contributed by atoms with Crippen LogP contribution in [0.25, 0.3) is 0 Å². The van der Waals surface area contributed by atoms with Crippen molar-refractivity contribution in [3.8, 4) is 0 Å². The Balaban J connectivity index is 3.46. The highest BCUT2D eigenvalue weighted by atomic mass is 32.2. The molecule has 70 valence electrons. The SMILES string of the molecule is CS(=O)(=O)c1ncncc1C(N)=O. The highest BCUT2D eigenvalue weighted by Gasteiger charge is 2.18. The number of hydrogen-bond acceptors (Lipinski definition) is 5. The zero-order valence-electron chi connectivity index (χ0n) is 6.76. The van der Waals surface area contributed by atoms with Crippen LogP contribution >= 0.6 is 0 Å². The monoisotopic (exact) mass is 201 g/mol. The van der Waals surface area contributed by atoms with Crippen molar-refractivity contribution in [3.05, 3.63) is 18.1 Å². The van der Waals surface area contributed by atoms with Crippen LogP contribution in [0.15, 0.2) is 17.6 Å². The third kappa shape index (κ3) is 2.00. The Morgan fingerprint density at radius 2 is 2.15 bits per heavy atom. The fraction of sp³-hybridized carbons (Fsp3) is 0.167. The first-order valence-corrected chi connectivity index (χ1v) is 5.12. The maximum absolute atomic E-state index is 11.1. The van der Waals surface area contributed by atoms with Gasteiger partial charge in [-0.3, -0.25) is 4.79 Å². The molecule has 0 aliphatic rings. The Hall–Kier alpha value is -1.50. The summed E-state index contributed by atoms with van der Waals surface area (Å²) in [5.41, 5.74) is 4.74. The number of rotatable bonds is 2. The number of sulfone groups is 1. The Kier molecular flexibility index (Phi) is 2.28. The minimum atomic E-state index is -3.53. The topological polar surface area (TPSA) is 103 Å². The van der Waals surface area contributed by atoms with Gasteiger partial charge in [0.05, 0.1) is 5.56 Å². The van der Waals surface area contributed by atoms with Crippen LogP contribution in [0.1, 0.15) is 10.4 Å². The van der Waals surface area contributed by atoms with Gasteiger partial charge in [0, 0.05) is 12.5 Å². The molecule has 0 aromatic carbocycles. The van der Waals surface area contributed by atoms with Gasteiger partial charge in [0.1, 0.15) is 6.33 Å². The Morgan fingerprint density at radius 3 is 2.54 bits per heavy atom. The molecule has 13 heavy (non-hydrogen) atoms. The molecule has 1 heterocycles. The van der Waals surface area contributed by atoms with E-state index in [9.17, 15) is 13.2 Å². The summed E-state index contributed by atoms with van der Waals surface area (Å²) in [5.74, 6) is -0.860. The molecular formula is C6H7N3O3S. The quantitative estimate of drug-likeness (QED) is 0.617. The van der Waals surface area contributed by atoms with Crippen molar-refractivity contribution >= 4 is 15.7 Å².